The van der Waals surface area contributed by atoms with Gasteiger partial charge in [-0.05, 0) is 78.6 Å². The number of nitrogens with zero attached hydrogens (tertiary/aromatic N) is 1. The molecule has 1 aliphatic heterocycles. The first kappa shape index (κ1) is 18.8. The molecule has 2 aromatic carbocycles. The Morgan fingerprint density at radius 2 is 1.48 bits per heavy atom. The van der Waals surface area contributed by atoms with Gasteiger partial charge in [-0.2, -0.15) is 0 Å². The molecule has 0 unspecified atom stereocenters. The summed E-state index contributed by atoms with van der Waals surface area (Å²) in [6.45, 7) is -0.107. The number of ether oxygens (including phenoxy) is 1. The number of hydrogen-bond donors (Lipinski definition) is 0. The maximum Gasteiger partial charge on any atom is 0.238 e. The first-order valence-electron chi connectivity index (χ1n) is 10.6. The lowest BCUT2D eigenvalue weighted by molar-refractivity contribution is -0.124. The minimum atomic E-state index is -0.209. The molecule has 5 nitrogen and oxygen atoms in total. The summed E-state index contributed by atoms with van der Waals surface area (Å²) in [4.78, 5) is 40.0. The van der Waals surface area contributed by atoms with Crippen molar-refractivity contribution in [2.45, 2.75) is 6.42 Å². The van der Waals surface area contributed by atoms with Gasteiger partial charge in [0, 0.05) is 10.6 Å². The van der Waals surface area contributed by atoms with Gasteiger partial charge in [-0.3, -0.25) is 19.3 Å². The minimum absolute atomic E-state index is 0.0775. The highest BCUT2D eigenvalue weighted by molar-refractivity contribution is 6.30. The van der Waals surface area contributed by atoms with Crippen LogP contribution >= 0.6 is 11.6 Å². The van der Waals surface area contributed by atoms with Crippen molar-refractivity contribution >= 4 is 34.9 Å². The number of Topliss-reactive ketones (excluding diaryl/α,β-unsaturated/α-hetero) is 1. The molecule has 0 aromatic heterocycles. The van der Waals surface area contributed by atoms with Gasteiger partial charge in [0.2, 0.25) is 11.8 Å². The number of anilines is 1. The second-order valence-corrected chi connectivity index (χ2v) is 9.32. The fourth-order valence-corrected chi connectivity index (χ4v) is 5.90. The smallest absolute Gasteiger partial charge is 0.238 e. The maximum absolute atomic E-state index is 13.2. The van der Waals surface area contributed by atoms with Crippen molar-refractivity contribution in [3.8, 4) is 5.75 Å². The van der Waals surface area contributed by atoms with E-state index in [2.05, 4.69) is 12.2 Å². The van der Waals surface area contributed by atoms with Crippen molar-refractivity contribution in [3.63, 3.8) is 0 Å². The molecule has 1 saturated heterocycles. The number of carbonyl (C=O) groups excluding carboxylic acids is 3. The Hall–Kier alpha value is -2.92. The molecule has 5 aliphatic rings. The van der Waals surface area contributed by atoms with Gasteiger partial charge in [0.15, 0.2) is 12.4 Å². The summed E-state index contributed by atoms with van der Waals surface area (Å²) >= 11 is 5.85. The van der Waals surface area contributed by atoms with Crippen LogP contribution in [-0.4, -0.2) is 24.2 Å². The molecule has 4 aliphatic carbocycles. The van der Waals surface area contributed by atoms with Crippen LogP contribution < -0.4 is 9.64 Å². The average Bonchev–Trinajstić information content (AvgIpc) is 3.56. The molecule has 2 amide bonds. The fraction of sp³-hybridized carbons (Fsp3) is 0.320. The summed E-state index contributed by atoms with van der Waals surface area (Å²) < 4.78 is 5.60. The average molecular weight is 434 g/mol. The van der Waals surface area contributed by atoms with E-state index in [1.807, 2.05) is 0 Å². The maximum atomic E-state index is 13.2. The summed E-state index contributed by atoms with van der Waals surface area (Å²) in [5.74, 6) is 1.37. The zero-order valence-corrected chi connectivity index (χ0v) is 17.4. The van der Waals surface area contributed by atoms with Gasteiger partial charge >= 0.3 is 0 Å². The molecule has 1 heterocycles. The molecule has 6 atom stereocenters. The second kappa shape index (κ2) is 6.79. The van der Waals surface area contributed by atoms with Gasteiger partial charge in [-0.15, -0.1) is 0 Å². The van der Waals surface area contributed by atoms with Gasteiger partial charge in [0.1, 0.15) is 5.75 Å². The van der Waals surface area contributed by atoms with E-state index in [4.69, 9.17) is 16.3 Å². The summed E-state index contributed by atoms with van der Waals surface area (Å²) in [6.07, 6.45) is 5.49. The molecule has 7 rings (SSSR count). The van der Waals surface area contributed by atoms with Gasteiger partial charge in [0.25, 0.3) is 0 Å². The van der Waals surface area contributed by atoms with Crippen LogP contribution in [0.4, 0.5) is 5.69 Å². The van der Waals surface area contributed by atoms with E-state index >= 15 is 0 Å². The van der Waals surface area contributed by atoms with Gasteiger partial charge in [0.05, 0.1) is 17.5 Å². The minimum Gasteiger partial charge on any atom is -0.485 e. The van der Waals surface area contributed by atoms with Crippen molar-refractivity contribution in [1.82, 2.24) is 0 Å². The van der Waals surface area contributed by atoms with E-state index in [0.29, 0.717) is 33.9 Å². The van der Waals surface area contributed by atoms with Gasteiger partial charge in [-0.25, -0.2) is 0 Å². The third-order valence-corrected chi connectivity index (χ3v) is 7.55. The third-order valence-electron chi connectivity index (χ3n) is 7.29. The SMILES string of the molecule is O=C(COc1ccc(N2C(=O)[C@@H]3[C@@H]4C=C[C@@H]([C@H]5C[C@@H]45)[C@@H]3C2=O)cc1)c1ccc(Cl)cc1. The molecule has 2 bridgehead atoms. The largest absolute Gasteiger partial charge is 0.485 e. The van der Waals surface area contributed by atoms with Crippen molar-refractivity contribution in [3.05, 3.63) is 71.3 Å². The number of ketones is 1. The molecule has 6 heteroatoms. The van der Waals surface area contributed by atoms with Crippen LogP contribution in [0.1, 0.15) is 16.8 Å². The van der Waals surface area contributed by atoms with E-state index in [-0.39, 0.29) is 47.9 Å². The van der Waals surface area contributed by atoms with Crippen LogP contribution in [0.2, 0.25) is 5.02 Å². The molecule has 3 fully saturated rings. The van der Waals surface area contributed by atoms with Crippen LogP contribution in [-0.2, 0) is 9.59 Å². The zero-order chi connectivity index (χ0) is 21.3. The number of carbonyl (C=O) groups is 3. The Kier molecular flexibility index (Phi) is 4.12. The zero-order valence-electron chi connectivity index (χ0n) is 16.6. The van der Waals surface area contributed by atoms with Crippen LogP contribution in [0.5, 0.6) is 5.75 Å². The van der Waals surface area contributed by atoms with Crippen molar-refractivity contribution in [2.75, 3.05) is 11.5 Å². The molecule has 156 valence electrons. The Balaban J connectivity index is 1.16. The van der Waals surface area contributed by atoms with Crippen LogP contribution in [0.25, 0.3) is 0 Å². The highest BCUT2D eigenvalue weighted by Gasteiger charge is 2.67. The Bertz CT molecular complexity index is 1090. The number of allylic oxidation sites excluding steroid dienone is 2. The van der Waals surface area contributed by atoms with Gasteiger partial charge in [-0.1, -0.05) is 23.8 Å². The standard InChI is InChI=1S/C25H20ClNO4/c26-14-3-1-13(2-4-14)21(28)12-31-16-7-5-15(6-8-16)27-24(29)22-17-9-10-18(20-11-19(17)20)23(22)25(27)30/h1-10,17-20,22-23H,11-12H2/t17-,18+,19+,20-,22-,23+. The quantitative estimate of drug-likeness (QED) is 0.403. The number of halogens is 1. The van der Waals surface area contributed by atoms with E-state index in [1.165, 1.54) is 4.90 Å². The van der Waals surface area contributed by atoms with E-state index < -0.39 is 0 Å². The number of imide groups is 1. The monoisotopic (exact) mass is 433 g/mol. The Morgan fingerprint density at radius 3 is 2.06 bits per heavy atom. The lowest BCUT2D eigenvalue weighted by atomic mass is 9.63. The van der Waals surface area contributed by atoms with Crippen LogP contribution in [0.15, 0.2) is 60.7 Å². The fourth-order valence-electron chi connectivity index (χ4n) is 5.77. The van der Waals surface area contributed by atoms with E-state index in [1.54, 1.807) is 48.5 Å². The molecular formula is C25H20ClNO4. The van der Waals surface area contributed by atoms with Crippen molar-refractivity contribution in [2.24, 2.45) is 35.5 Å². The second-order valence-electron chi connectivity index (χ2n) is 8.88. The van der Waals surface area contributed by atoms with E-state index in [9.17, 15) is 14.4 Å². The molecule has 31 heavy (non-hydrogen) atoms. The summed E-state index contributed by atoms with van der Waals surface area (Å²) in [7, 11) is 0. The third kappa shape index (κ3) is 2.87. The predicted octanol–water partition coefficient (Wildman–Crippen LogP) is 4.16. The summed E-state index contributed by atoms with van der Waals surface area (Å²) in [5.41, 5.74) is 1.09. The number of amides is 2. The van der Waals surface area contributed by atoms with Crippen molar-refractivity contribution in [1.29, 1.82) is 0 Å². The Labute approximate surface area is 184 Å². The molecule has 2 saturated carbocycles. The summed E-state index contributed by atoms with van der Waals surface area (Å²) in [6, 6.07) is 13.5. The number of rotatable bonds is 5. The first-order valence-corrected chi connectivity index (χ1v) is 11.0. The number of benzene rings is 2. The lowest BCUT2D eigenvalue weighted by Gasteiger charge is -2.37. The normalized spacial score (nSPS) is 32.1. The predicted molar refractivity (Wildman–Crippen MR) is 115 cm³/mol. The highest BCUT2D eigenvalue weighted by atomic mass is 35.5. The molecule has 2 aromatic rings. The number of hydrogen-bond acceptors (Lipinski definition) is 4. The highest BCUT2D eigenvalue weighted by Crippen LogP contribution is 2.65. The van der Waals surface area contributed by atoms with Crippen LogP contribution in [0, 0.1) is 35.5 Å². The molecule has 0 spiro atoms. The summed E-state index contributed by atoms with van der Waals surface area (Å²) in [5, 5.41) is 0.569. The molecule has 0 radical (unpaired) electrons. The van der Waals surface area contributed by atoms with Gasteiger partial charge < -0.3 is 4.74 Å². The molecular weight excluding hydrogens is 414 g/mol. The van der Waals surface area contributed by atoms with E-state index in [0.717, 1.165) is 6.42 Å². The topological polar surface area (TPSA) is 63.7 Å². The first-order chi connectivity index (χ1) is 15.0. The molecule has 0 N–H and O–H groups in total. The van der Waals surface area contributed by atoms with Crippen LogP contribution in [0.3, 0.4) is 0 Å². The van der Waals surface area contributed by atoms with Crippen molar-refractivity contribution < 1.29 is 19.1 Å². The Morgan fingerprint density at radius 1 is 0.903 bits per heavy atom. The lowest BCUT2D eigenvalue weighted by Crippen LogP contribution is -2.40.